The maximum absolute atomic E-state index is 12.3. The van der Waals surface area contributed by atoms with Gasteiger partial charge in [-0.05, 0) is 37.8 Å². The fourth-order valence-corrected chi connectivity index (χ4v) is 2.52. The van der Waals surface area contributed by atoms with Crippen LogP contribution in [0.15, 0.2) is 35.1 Å². The smallest absolute Gasteiger partial charge is 0.274 e. The average molecular weight is 228 g/mol. The second-order valence-electron chi connectivity index (χ2n) is 4.61. The zero-order chi connectivity index (χ0) is 11.7. The number of nitrogens with one attached hydrogen (secondary N) is 1. The van der Waals surface area contributed by atoms with Gasteiger partial charge in [0.25, 0.3) is 5.56 Å². The quantitative estimate of drug-likeness (QED) is 0.748. The number of benzene rings is 1. The van der Waals surface area contributed by atoms with Gasteiger partial charge in [0.1, 0.15) is 0 Å². The van der Waals surface area contributed by atoms with Crippen LogP contribution in [-0.4, -0.2) is 9.78 Å². The summed E-state index contributed by atoms with van der Waals surface area (Å²) in [5.41, 5.74) is 3.18. The predicted molar refractivity (Wildman–Crippen MR) is 67.6 cm³/mol. The Morgan fingerprint density at radius 1 is 1.00 bits per heavy atom. The lowest BCUT2D eigenvalue weighted by molar-refractivity contribution is 0.690. The number of H-pyrrole nitrogens is 1. The zero-order valence-electron chi connectivity index (χ0n) is 9.78. The van der Waals surface area contributed by atoms with Gasteiger partial charge in [-0.1, -0.05) is 24.6 Å². The largest absolute Gasteiger partial charge is 0.295 e. The van der Waals surface area contributed by atoms with Crippen LogP contribution in [0.1, 0.15) is 30.5 Å². The van der Waals surface area contributed by atoms with Gasteiger partial charge in [0.15, 0.2) is 0 Å². The Labute approximate surface area is 100 Å². The van der Waals surface area contributed by atoms with Crippen molar-refractivity contribution in [2.75, 3.05) is 0 Å². The third-order valence-electron chi connectivity index (χ3n) is 3.44. The van der Waals surface area contributed by atoms with Crippen molar-refractivity contribution >= 4 is 0 Å². The summed E-state index contributed by atoms with van der Waals surface area (Å²) in [4.78, 5) is 12.3. The molecule has 0 atom stereocenters. The van der Waals surface area contributed by atoms with Gasteiger partial charge in [0.05, 0.1) is 5.69 Å². The standard InChI is InChI=1S/C14H16N2O/c17-14-12-9-5-2-6-10-13(12)15-16(14)11-7-3-1-4-8-11/h1,3-4,7-8,15H,2,5-6,9-10H2. The van der Waals surface area contributed by atoms with Crippen molar-refractivity contribution in [1.82, 2.24) is 9.78 Å². The van der Waals surface area contributed by atoms with E-state index in [9.17, 15) is 4.79 Å². The molecule has 0 radical (unpaired) electrons. The van der Waals surface area contributed by atoms with E-state index in [1.54, 1.807) is 4.68 Å². The number of hydrogen-bond acceptors (Lipinski definition) is 1. The Balaban J connectivity index is 2.11. The average Bonchev–Trinajstić information content (AvgIpc) is 2.56. The third-order valence-corrected chi connectivity index (χ3v) is 3.44. The zero-order valence-corrected chi connectivity index (χ0v) is 9.78. The van der Waals surface area contributed by atoms with E-state index in [2.05, 4.69) is 5.10 Å². The van der Waals surface area contributed by atoms with E-state index >= 15 is 0 Å². The fourth-order valence-electron chi connectivity index (χ4n) is 2.52. The molecule has 2 aromatic rings. The summed E-state index contributed by atoms with van der Waals surface area (Å²) in [7, 11) is 0. The molecular formula is C14H16N2O. The highest BCUT2D eigenvalue weighted by Gasteiger charge is 2.16. The lowest BCUT2D eigenvalue weighted by atomic mass is 10.1. The van der Waals surface area contributed by atoms with Gasteiger partial charge in [-0.3, -0.25) is 9.89 Å². The van der Waals surface area contributed by atoms with Gasteiger partial charge in [-0.25, -0.2) is 4.68 Å². The summed E-state index contributed by atoms with van der Waals surface area (Å²) in [6.07, 6.45) is 5.47. The second kappa shape index (κ2) is 4.24. The number of rotatable bonds is 1. The molecule has 0 saturated heterocycles. The summed E-state index contributed by atoms with van der Waals surface area (Å²) in [5.74, 6) is 0. The minimum Gasteiger partial charge on any atom is -0.295 e. The van der Waals surface area contributed by atoms with E-state index < -0.39 is 0 Å². The Kier molecular flexibility index (Phi) is 2.59. The van der Waals surface area contributed by atoms with Crippen LogP contribution < -0.4 is 5.56 Å². The first-order valence-electron chi connectivity index (χ1n) is 6.24. The fraction of sp³-hybridized carbons (Fsp3) is 0.357. The van der Waals surface area contributed by atoms with Crippen molar-refractivity contribution in [3.05, 3.63) is 51.9 Å². The highest BCUT2D eigenvalue weighted by molar-refractivity contribution is 5.33. The van der Waals surface area contributed by atoms with Crippen molar-refractivity contribution < 1.29 is 0 Å². The topological polar surface area (TPSA) is 37.8 Å². The van der Waals surface area contributed by atoms with E-state index in [1.807, 2.05) is 30.3 Å². The molecule has 0 saturated carbocycles. The number of aromatic nitrogens is 2. The molecule has 3 rings (SSSR count). The molecule has 1 aliphatic carbocycles. The number of hydrogen-bond donors (Lipinski definition) is 1. The number of nitrogens with zero attached hydrogens (tertiary/aromatic N) is 1. The van der Waals surface area contributed by atoms with Gasteiger partial charge in [0.2, 0.25) is 0 Å². The Hall–Kier alpha value is -1.77. The molecule has 0 unspecified atom stereocenters. The SMILES string of the molecule is O=c1c2c([nH]n1-c1ccccc1)CCCCC2. The van der Waals surface area contributed by atoms with Crippen LogP contribution in [0.3, 0.4) is 0 Å². The first kappa shape index (κ1) is 10.4. The third kappa shape index (κ3) is 1.82. The molecule has 0 aliphatic heterocycles. The summed E-state index contributed by atoms with van der Waals surface area (Å²) in [6, 6.07) is 9.78. The molecule has 1 aromatic carbocycles. The minimum absolute atomic E-state index is 0.133. The van der Waals surface area contributed by atoms with Crippen molar-refractivity contribution in [2.45, 2.75) is 32.1 Å². The molecular weight excluding hydrogens is 212 g/mol. The van der Waals surface area contributed by atoms with Gasteiger partial charge in [0, 0.05) is 11.3 Å². The van der Waals surface area contributed by atoms with Crippen LogP contribution in [0.2, 0.25) is 0 Å². The van der Waals surface area contributed by atoms with E-state index in [1.165, 1.54) is 12.8 Å². The van der Waals surface area contributed by atoms with Crippen molar-refractivity contribution in [3.8, 4) is 5.69 Å². The number of aromatic amines is 1. The molecule has 1 N–H and O–H groups in total. The Morgan fingerprint density at radius 3 is 2.59 bits per heavy atom. The number of aryl methyl sites for hydroxylation is 1. The first-order valence-corrected chi connectivity index (χ1v) is 6.24. The summed E-state index contributed by atoms with van der Waals surface area (Å²) in [6.45, 7) is 0. The number of para-hydroxylation sites is 1. The molecule has 3 nitrogen and oxygen atoms in total. The summed E-state index contributed by atoms with van der Waals surface area (Å²) in [5, 5.41) is 3.26. The van der Waals surface area contributed by atoms with Crippen LogP contribution in [0.4, 0.5) is 0 Å². The number of fused-ring (bicyclic) bond motifs is 1. The molecule has 17 heavy (non-hydrogen) atoms. The Bertz CT molecular complexity index is 566. The van der Waals surface area contributed by atoms with E-state index in [0.717, 1.165) is 36.2 Å². The van der Waals surface area contributed by atoms with E-state index in [4.69, 9.17) is 0 Å². The molecule has 1 heterocycles. The van der Waals surface area contributed by atoms with Crippen LogP contribution in [0, 0.1) is 0 Å². The van der Waals surface area contributed by atoms with Crippen LogP contribution in [0.25, 0.3) is 5.69 Å². The molecule has 0 amide bonds. The van der Waals surface area contributed by atoms with Gasteiger partial charge >= 0.3 is 0 Å². The first-order chi connectivity index (χ1) is 8.36. The van der Waals surface area contributed by atoms with E-state index in [-0.39, 0.29) is 5.56 Å². The second-order valence-corrected chi connectivity index (χ2v) is 4.61. The molecule has 88 valence electrons. The maximum atomic E-state index is 12.3. The van der Waals surface area contributed by atoms with Crippen molar-refractivity contribution in [1.29, 1.82) is 0 Å². The minimum atomic E-state index is 0.133. The normalized spacial score (nSPS) is 15.3. The van der Waals surface area contributed by atoms with Crippen LogP contribution in [0.5, 0.6) is 0 Å². The molecule has 0 fully saturated rings. The lowest BCUT2D eigenvalue weighted by Gasteiger charge is -2.01. The molecule has 0 spiro atoms. The van der Waals surface area contributed by atoms with Crippen molar-refractivity contribution in [2.24, 2.45) is 0 Å². The Morgan fingerprint density at radius 2 is 1.76 bits per heavy atom. The van der Waals surface area contributed by atoms with Crippen molar-refractivity contribution in [3.63, 3.8) is 0 Å². The van der Waals surface area contributed by atoms with Crippen LogP contribution >= 0.6 is 0 Å². The maximum Gasteiger partial charge on any atom is 0.274 e. The van der Waals surface area contributed by atoms with Gasteiger partial charge in [-0.2, -0.15) is 0 Å². The predicted octanol–water partition coefficient (Wildman–Crippen LogP) is 2.43. The van der Waals surface area contributed by atoms with Crippen LogP contribution in [-0.2, 0) is 12.8 Å². The lowest BCUT2D eigenvalue weighted by Crippen LogP contribution is -2.17. The van der Waals surface area contributed by atoms with Gasteiger partial charge < -0.3 is 0 Å². The summed E-state index contributed by atoms with van der Waals surface area (Å²) >= 11 is 0. The molecule has 0 bridgehead atoms. The molecule has 1 aromatic heterocycles. The van der Waals surface area contributed by atoms with E-state index in [0.29, 0.717) is 0 Å². The van der Waals surface area contributed by atoms with Gasteiger partial charge in [-0.15, -0.1) is 0 Å². The monoisotopic (exact) mass is 228 g/mol. The molecule has 3 heteroatoms. The highest BCUT2D eigenvalue weighted by atomic mass is 16.1. The highest BCUT2D eigenvalue weighted by Crippen LogP contribution is 2.17. The summed E-state index contributed by atoms with van der Waals surface area (Å²) < 4.78 is 1.68. The molecule has 1 aliphatic rings.